The minimum atomic E-state index is -0.348. The highest BCUT2D eigenvalue weighted by molar-refractivity contribution is 8.00. The smallest absolute Gasteiger partial charge is 0.237 e. The molecule has 4 aromatic rings. The number of carbonyl (C=O) groups excluding carboxylic acids is 1. The van der Waals surface area contributed by atoms with E-state index in [9.17, 15) is 4.79 Å². The van der Waals surface area contributed by atoms with E-state index in [1.807, 2.05) is 55.5 Å². The van der Waals surface area contributed by atoms with Gasteiger partial charge in [0.1, 0.15) is 5.82 Å². The minimum Gasteiger partial charge on any atom is -0.454 e. The Morgan fingerprint density at radius 2 is 1.80 bits per heavy atom. The Kier molecular flexibility index (Phi) is 6.99. The van der Waals surface area contributed by atoms with E-state index in [-0.39, 0.29) is 18.0 Å². The zero-order valence-electron chi connectivity index (χ0n) is 19.4. The third-order valence-electron chi connectivity index (χ3n) is 5.68. The summed E-state index contributed by atoms with van der Waals surface area (Å²) in [7, 11) is 0. The van der Waals surface area contributed by atoms with Crippen molar-refractivity contribution in [3.05, 3.63) is 78.4 Å². The third-order valence-corrected chi connectivity index (χ3v) is 6.91. The monoisotopic (exact) mass is 486 g/mol. The topological polar surface area (TPSA) is 85.4 Å². The number of ether oxygens (including phenoxy) is 2. The summed E-state index contributed by atoms with van der Waals surface area (Å²) in [5.41, 5.74) is 2.78. The van der Waals surface area contributed by atoms with Crippen molar-refractivity contribution in [2.75, 3.05) is 24.0 Å². The highest BCUT2D eigenvalue weighted by Gasteiger charge is 2.22. The molecule has 1 atom stereocenters. The largest absolute Gasteiger partial charge is 0.454 e. The summed E-state index contributed by atoms with van der Waals surface area (Å²) in [5.74, 6) is 1.99. The highest BCUT2D eigenvalue weighted by Crippen LogP contribution is 2.35. The summed E-state index contributed by atoms with van der Waals surface area (Å²) < 4.78 is 10.8. The highest BCUT2D eigenvalue weighted by atomic mass is 32.2. The van der Waals surface area contributed by atoms with Crippen LogP contribution in [0.5, 0.6) is 11.5 Å². The molecule has 35 heavy (non-hydrogen) atoms. The van der Waals surface area contributed by atoms with Crippen molar-refractivity contribution in [1.29, 1.82) is 0 Å². The molecular weight excluding hydrogens is 460 g/mol. The van der Waals surface area contributed by atoms with Crippen LogP contribution in [0.1, 0.15) is 18.9 Å². The summed E-state index contributed by atoms with van der Waals surface area (Å²) in [4.78, 5) is 22.6. The van der Waals surface area contributed by atoms with E-state index in [1.165, 1.54) is 17.3 Å². The van der Waals surface area contributed by atoms with Gasteiger partial charge in [-0.25, -0.2) is 9.97 Å². The molecule has 0 spiro atoms. The van der Waals surface area contributed by atoms with Gasteiger partial charge in [0.05, 0.1) is 10.8 Å². The Morgan fingerprint density at radius 3 is 2.66 bits per heavy atom. The van der Waals surface area contributed by atoms with E-state index in [1.54, 1.807) is 12.1 Å². The summed E-state index contributed by atoms with van der Waals surface area (Å²) in [5, 5.41) is 7.63. The number of carbonyl (C=O) groups is 1. The first-order valence-corrected chi connectivity index (χ1v) is 12.5. The van der Waals surface area contributed by atoms with Crippen molar-refractivity contribution < 1.29 is 14.3 Å². The molecule has 1 aromatic heterocycles. The van der Waals surface area contributed by atoms with Gasteiger partial charge in [0.25, 0.3) is 0 Å². The molecule has 0 radical (unpaired) electrons. The number of amides is 1. The van der Waals surface area contributed by atoms with Gasteiger partial charge in [-0.3, -0.25) is 4.79 Å². The normalized spacial score (nSPS) is 12.9. The lowest BCUT2D eigenvalue weighted by atomic mass is 10.1. The summed E-state index contributed by atoms with van der Waals surface area (Å²) in [6.07, 6.45) is 1.52. The number of benzene rings is 3. The molecule has 8 heteroatoms. The maximum atomic E-state index is 13.1. The maximum absolute atomic E-state index is 13.1. The first-order valence-electron chi connectivity index (χ1n) is 11.6. The van der Waals surface area contributed by atoms with Crippen LogP contribution >= 0.6 is 11.8 Å². The van der Waals surface area contributed by atoms with Crippen molar-refractivity contribution in [3.63, 3.8) is 0 Å². The van der Waals surface area contributed by atoms with Crippen LogP contribution in [0.15, 0.2) is 78.0 Å². The number of thioether (sulfide) groups is 1. The molecule has 178 valence electrons. The number of para-hydroxylation sites is 1. The molecule has 0 fully saturated rings. The van der Waals surface area contributed by atoms with Crippen molar-refractivity contribution in [1.82, 2.24) is 9.97 Å². The summed E-state index contributed by atoms with van der Waals surface area (Å²) in [6.45, 7) is 2.93. The average molecular weight is 487 g/mol. The first-order chi connectivity index (χ1) is 17.2. The van der Waals surface area contributed by atoms with E-state index in [2.05, 4.69) is 22.8 Å². The second kappa shape index (κ2) is 10.7. The van der Waals surface area contributed by atoms with Crippen LogP contribution in [-0.4, -0.2) is 34.5 Å². The number of aromatic nitrogens is 2. The van der Waals surface area contributed by atoms with E-state index in [4.69, 9.17) is 19.4 Å². The van der Waals surface area contributed by atoms with Crippen LogP contribution in [0.4, 0.5) is 11.5 Å². The van der Waals surface area contributed by atoms with E-state index in [0.717, 1.165) is 29.7 Å². The van der Waals surface area contributed by atoms with Crippen LogP contribution in [0.25, 0.3) is 10.9 Å². The van der Waals surface area contributed by atoms with Gasteiger partial charge < -0.3 is 20.1 Å². The lowest BCUT2D eigenvalue weighted by Gasteiger charge is -2.16. The number of fused-ring (bicyclic) bond motifs is 2. The number of nitrogens with zero attached hydrogens (tertiary/aromatic N) is 2. The van der Waals surface area contributed by atoms with Gasteiger partial charge in [0, 0.05) is 23.7 Å². The van der Waals surface area contributed by atoms with Gasteiger partial charge in [-0.1, -0.05) is 61.2 Å². The predicted octanol–water partition coefficient (Wildman–Crippen LogP) is 5.52. The molecule has 3 aromatic carbocycles. The number of hydrogen-bond acceptors (Lipinski definition) is 7. The van der Waals surface area contributed by atoms with E-state index in [0.29, 0.717) is 28.8 Å². The summed E-state index contributed by atoms with van der Waals surface area (Å²) in [6, 6.07) is 23.6. The SMILES string of the molecule is CC[C@@H](Sc1nc(NCCc2ccccc2)c2ccccc2n1)C(=O)Nc1ccc2c(c1)OCO2. The number of anilines is 2. The number of rotatable bonds is 9. The van der Waals surface area contributed by atoms with Gasteiger partial charge in [-0.2, -0.15) is 0 Å². The van der Waals surface area contributed by atoms with Crippen LogP contribution in [-0.2, 0) is 11.2 Å². The molecule has 0 aliphatic carbocycles. The quantitative estimate of drug-likeness (QED) is 0.238. The Morgan fingerprint density at radius 1 is 1.00 bits per heavy atom. The van der Waals surface area contributed by atoms with Gasteiger partial charge in [-0.15, -0.1) is 0 Å². The third kappa shape index (κ3) is 5.49. The van der Waals surface area contributed by atoms with Gasteiger partial charge in [0.15, 0.2) is 16.7 Å². The van der Waals surface area contributed by atoms with Crippen molar-refractivity contribution in [2.24, 2.45) is 0 Å². The van der Waals surface area contributed by atoms with Crippen LogP contribution in [0.3, 0.4) is 0 Å². The molecule has 0 saturated heterocycles. The molecule has 0 bridgehead atoms. The first kappa shape index (κ1) is 23.0. The van der Waals surface area contributed by atoms with Crippen LogP contribution in [0, 0.1) is 0 Å². The minimum absolute atomic E-state index is 0.105. The zero-order valence-corrected chi connectivity index (χ0v) is 20.2. The molecule has 2 heterocycles. The second-order valence-electron chi connectivity index (χ2n) is 8.11. The number of hydrogen-bond donors (Lipinski definition) is 2. The van der Waals surface area contributed by atoms with Gasteiger partial charge in [-0.05, 0) is 42.7 Å². The molecule has 5 rings (SSSR count). The fourth-order valence-corrected chi connectivity index (χ4v) is 4.74. The van der Waals surface area contributed by atoms with Crippen LogP contribution < -0.4 is 20.1 Å². The Labute approximate surface area is 208 Å². The molecule has 1 aliphatic heterocycles. The molecule has 7 nitrogen and oxygen atoms in total. The second-order valence-corrected chi connectivity index (χ2v) is 9.28. The number of nitrogens with one attached hydrogen (secondary N) is 2. The van der Waals surface area contributed by atoms with Gasteiger partial charge >= 0.3 is 0 Å². The van der Waals surface area contributed by atoms with Crippen molar-refractivity contribution in [2.45, 2.75) is 30.2 Å². The standard InChI is InChI=1S/C27H26N4O3S/c1-2-24(26(32)29-19-12-13-22-23(16-19)34-17-33-22)35-27-30-21-11-7-6-10-20(21)25(31-27)28-15-14-18-8-4-3-5-9-18/h3-13,16,24H,2,14-15,17H2,1H3,(H,29,32)(H,28,30,31)/t24-/m1/s1. The van der Waals surface area contributed by atoms with E-state index < -0.39 is 0 Å². The lowest BCUT2D eigenvalue weighted by Crippen LogP contribution is -2.25. The van der Waals surface area contributed by atoms with Gasteiger partial charge in [0.2, 0.25) is 12.7 Å². The van der Waals surface area contributed by atoms with Crippen molar-refractivity contribution in [3.8, 4) is 11.5 Å². The zero-order chi connectivity index (χ0) is 24.0. The Bertz CT molecular complexity index is 1330. The molecule has 2 N–H and O–H groups in total. The fourth-order valence-electron chi connectivity index (χ4n) is 3.86. The Hall–Kier alpha value is -3.78. The van der Waals surface area contributed by atoms with Crippen molar-refractivity contribution >= 4 is 40.1 Å². The predicted molar refractivity (Wildman–Crippen MR) is 139 cm³/mol. The lowest BCUT2D eigenvalue weighted by molar-refractivity contribution is -0.115. The van der Waals surface area contributed by atoms with E-state index >= 15 is 0 Å². The molecule has 0 unspecified atom stereocenters. The Balaban J connectivity index is 1.31. The maximum Gasteiger partial charge on any atom is 0.237 e. The van der Waals surface area contributed by atoms with Crippen LogP contribution in [0.2, 0.25) is 0 Å². The molecular formula is C27H26N4O3S. The molecule has 1 aliphatic rings. The fraction of sp³-hybridized carbons (Fsp3) is 0.222. The molecule has 1 amide bonds. The summed E-state index contributed by atoms with van der Waals surface area (Å²) >= 11 is 1.37. The molecule has 0 saturated carbocycles. The average Bonchev–Trinajstić information content (AvgIpc) is 3.36.